The molecule has 0 saturated carbocycles. The molecule has 2 nitrogen and oxygen atoms in total. The van der Waals surface area contributed by atoms with Gasteiger partial charge in [0, 0.05) is 10.0 Å². The highest BCUT2D eigenvalue weighted by atomic mass is 79.9. The van der Waals surface area contributed by atoms with Crippen LogP contribution in [0.1, 0.15) is 28.3 Å². The van der Waals surface area contributed by atoms with Crippen molar-refractivity contribution >= 4 is 15.9 Å². The Kier molecular flexibility index (Phi) is 4.84. The van der Waals surface area contributed by atoms with Gasteiger partial charge >= 0.3 is 0 Å². The largest absolute Gasteiger partial charge is 0.496 e. The number of ether oxygens (including phenoxy) is 1. The standard InChI is InChI=1S/C17H20BrNO/c1-11-10-15(18)12(2)9-14(11)17(19-3)13-7-5-6-8-16(13)20-4/h5-10,17,19H,1-4H3. The monoisotopic (exact) mass is 333 g/mol. The summed E-state index contributed by atoms with van der Waals surface area (Å²) in [5.74, 6) is 0.909. The molecule has 2 rings (SSSR count). The Bertz CT molecular complexity index is 610. The quantitative estimate of drug-likeness (QED) is 0.896. The third-order valence-corrected chi connectivity index (χ3v) is 4.45. The van der Waals surface area contributed by atoms with E-state index in [9.17, 15) is 0 Å². The number of nitrogens with one attached hydrogen (secondary N) is 1. The molecule has 1 unspecified atom stereocenters. The van der Waals surface area contributed by atoms with E-state index in [1.165, 1.54) is 16.7 Å². The molecule has 0 radical (unpaired) electrons. The third-order valence-electron chi connectivity index (χ3n) is 3.60. The van der Waals surface area contributed by atoms with E-state index >= 15 is 0 Å². The smallest absolute Gasteiger partial charge is 0.123 e. The molecule has 20 heavy (non-hydrogen) atoms. The Morgan fingerprint density at radius 1 is 1.05 bits per heavy atom. The van der Waals surface area contributed by atoms with Crippen molar-refractivity contribution in [1.82, 2.24) is 5.32 Å². The maximum Gasteiger partial charge on any atom is 0.123 e. The third kappa shape index (κ3) is 2.89. The van der Waals surface area contributed by atoms with Crippen molar-refractivity contribution in [3.05, 3.63) is 63.1 Å². The van der Waals surface area contributed by atoms with Gasteiger partial charge in [0.1, 0.15) is 5.75 Å². The van der Waals surface area contributed by atoms with E-state index in [0.717, 1.165) is 15.8 Å². The van der Waals surface area contributed by atoms with Crippen LogP contribution in [-0.4, -0.2) is 14.2 Å². The lowest BCUT2D eigenvalue weighted by atomic mass is 9.93. The van der Waals surface area contributed by atoms with Gasteiger partial charge in [-0.2, -0.15) is 0 Å². The van der Waals surface area contributed by atoms with Crippen LogP contribution in [0.15, 0.2) is 40.9 Å². The van der Waals surface area contributed by atoms with Crippen molar-refractivity contribution in [3.63, 3.8) is 0 Å². The maximum atomic E-state index is 5.49. The van der Waals surface area contributed by atoms with Crippen LogP contribution in [0.25, 0.3) is 0 Å². The van der Waals surface area contributed by atoms with Crippen LogP contribution in [0.5, 0.6) is 5.75 Å². The highest BCUT2D eigenvalue weighted by molar-refractivity contribution is 9.10. The average Bonchev–Trinajstić information content (AvgIpc) is 2.45. The molecule has 3 heteroatoms. The Labute approximate surface area is 129 Å². The second-order valence-electron chi connectivity index (χ2n) is 4.92. The zero-order valence-electron chi connectivity index (χ0n) is 12.3. The summed E-state index contributed by atoms with van der Waals surface area (Å²) in [6, 6.07) is 12.7. The van der Waals surface area contributed by atoms with Gasteiger partial charge in [-0.1, -0.05) is 40.2 Å². The molecule has 0 bridgehead atoms. The minimum atomic E-state index is 0.123. The predicted octanol–water partition coefficient (Wildman–Crippen LogP) is 4.38. The Balaban J connectivity index is 2.55. The zero-order valence-corrected chi connectivity index (χ0v) is 13.9. The summed E-state index contributed by atoms with van der Waals surface area (Å²) in [5, 5.41) is 3.40. The number of methoxy groups -OCH3 is 1. The van der Waals surface area contributed by atoms with E-state index in [1.807, 2.05) is 25.2 Å². The van der Waals surface area contributed by atoms with Crippen molar-refractivity contribution in [2.24, 2.45) is 0 Å². The lowest BCUT2D eigenvalue weighted by Crippen LogP contribution is -2.19. The minimum Gasteiger partial charge on any atom is -0.496 e. The summed E-state index contributed by atoms with van der Waals surface area (Å²) >= 11 is 3.59. The first kappa shape index (κ1) is 15.1. The molecule has 0 aliphatic carbocycles. The van der Waals surface area contributed by atoms with E-state index in [0.29, 0.717) is 0 Å². The van der Waals surface area contributed by atoms with Crippen LogP contribution in [-0.2, 0) is 0 Å². The lowest BCUT2D eigenvalue weighted by Gasteiger charge is -2.22. The molecular weight excluding hydrogens is 314 g/mol. The molecule has 0 saturated heterocycles. The first-order valence-electron chi connectivity index (χ1n) is 6.65. The number of hydrogen-bond acceptors (Lipinski definition) is 2. The average molecular weight is 334 g/mol. The maximum absolute atomic E-state index is 5.49. The van der Waals surface area contributed by atoms with Crippen LogP contribution in [0.4, 0.5) is 0 Å². The van der Waals surface area contributed by atoms with E-state index in [2.05, 4.69) is 53.3 Å². The Morgan fingerprint density at radius 3 is 2.40 bits per heavy atom. The Hall–Kier alpha value is -1.32. The number of hydrogen-bond donors (Lipinski definition) is 1. The first-order chi connectivity index (χ1) is 9.58. The summed E-state index contributed by atoms with van der Waals surface area (Å²) in [7, 11) is 3.69. The number of benzene rings is 2. The normalized spacial score (nSPS) is 12.2. The lowest BCUT2D eigenvalue weighted by molar-refractivity contribution is 0.405. The molecule has 1 N–H and O–H groups in total. The fourth-order valence-electron chi connectivity index (χ4n) is 2.50. The molecular formula is C17H20BrNO. The molecule has 0 fully saturated rings. The summed E-state index contributed by atoms with van der Waals surface area (Å²) < 4.78 is 6.64. The van der Waals surface area contributed by atoms with Gasteiger partial charge in [-0.05, 0) is 49.7 Å². The molecule has 0 aliphatic heterocycles. The fraction of sp³-hybridized carbons (Fsp3) is 0.294. The van der Waals surface area contributed by atoms with Crippen molar-refractivity contribution in [2.75, 3.05) is 14.2 Å². The second kappa shape index (κ2) is 6.42. The van der Waals surface area contributed by atoms with E-state index in [1.54, 1.807) is 7.11 Å². The van der Waals surface area contributed by atoms with Gasteiger partial charge in [0.2, 0.25) is 0 Å². The summed E-state index contributed by atoms with van der Waals surface area (Å²) in [6.45, 7) is 4.25. The second-order valence-corrected chi connectivity index (χ2v) is 5.78. The molecule has 0 heterocycles. The molecule has 1 atom stereocenters. The molecule has 0 amide bonds. The zero-order chi connectivity index (χ0) is 14.7. The predicted molar refractivity (Wildman–Crippen MR) is 87.5 cm³/mol. The van der Waals surface area contributed by atoms with Crippen LogP contribution in [0.3, 0.4) is 0 Å². The van der Waals surface area contributed by atoms with Gasteiger partial charge in [0.15, 0.2) is 0 Å². The van der Waals surface area contributed by atoms with Gasteiger partial charge < -0.3 is 10.1 Å². The molecule has 0 aromatic heterocycles. The number of halogens is 1. The van der Waals surface area contributed by atoms with Gasteiger partial charge in [0.05, 0.1) is 13.2 Å². The van der Waals surface area contributed by atoms with E-state index in [-0.39, 0.29) is 6.04 Å². The van der Waals surface area contributed by atoms with Gasteiger partial charge in [0.25, 0.3) is 0 Å². The van der Waals surface area contributed by atoms with Crippen LogP contribution in [0, 0.1) is 13.8 Å². The number of para-hydroxylation sites is 1. The van der Waals surface area contributed by atoms with Crippen LogP contribution >= 0.6 is 15.9 Å². The molecule has 0 aliphatic rings. The Morgan fingerprint density at radius 2 is 1.75 bits per heavy atom. The van der Waals surface area contributed by atoms with Crippen LogP contribution < -0.4 is 10.1 Å². The van der Waals surface area contributed by atoms with Gasteiger partial charge in [-0.3, -0.25) is 0 Å². The van der Waals surface area contributed by atoms with Gasteiger partial charge in [-0.15, -0.1) is 0 Å². The fourth-order valence-corrected chi connectivity index (χ4v) is 2.96. The van der Waals surface area contributed by atoms with Crippen molar-refractivity contribution in [3.8, 4) is 5.75 Å². The molecule has 0 spiro atoms. The van der Waals surface area contributed by atoms with Crippen molar-refractivity contribution in [2.45, 2.75) is 19.9 Å². The molecule has 2 aromatic carbocycles. The minimum absolute atomic E-state index is 0.123. The number of rotatable bonds is 4. The summed E-state index contributed by atoms with van der Waals surface area (Å²) in [4.78, 5) is 0. The number of aryl methyl sites for hydroxylation is 2. The van der Waals surface area contributed by atoms with E-state index < -0.39 is 0 Å². The van der Waals surface area contributed by atoms with Crippen LogP contribution in [0.2, 0.25) is 0 Å². The topological polar surface area (TPSA) is 21.3 Å². The molecule has 106 valence electrons. The SMILES string of the molecule is CNC(c1cc(C)c(Br)cc1C)c1ccccc1OC. The van der Waals surface area contributed by atoms with Gasteiger partial charge in [-0.25, -0.2) is 0 Å². The van der Waals surface area contributed by atoms with Crippen molar-refractivity contribution in [1.29, 1.82) is 0 Å². The molecule has 2 aromatic rings. The highest BCUT2D eigenvalue weighted by Crippen LogP contribution is 2.33. The van der Waals surface area contributed by atoms with Crippen molar-refractivity contribution < 1.29 is 4.74 Å². The first-order valence-corrected chi connectivity index (χ1v) is 7.44. The highest BCUT2D eigenvalue weighted by Gasteiger charge is 2.18. The van der Waals surface area contributed by atoms with E-state index in [4.69, 9.17) is 4.74 Å². The summed E-state index contributed by atoms with van der Waals surface area (Å²) in [6.07, 6.45) is 0. The summed E-state index contributed by atoms with van der Waals surface area (Å²) in [5.41, 5.74) is 4.92.